The molecule has 0 spiro atoms. The first-order valence-corrected chi connectivity index (χ1v) is 5.86. The molecule has 0 saturated carbocycles. The first-order chi connectivity index (χ1) is 10.1. The minimum absolute atomic E-state index is 0.0608. The largest absolute Gasteiger partial charge is 0.350 e. The molecule has 2 amide bonds. The zero-order valence-corrected chi connectivity index (χ0v) is 10.8. The summed E-state index contributed by atoms with van der Waals surface area (Å²) < 4.78 is 0. The Hall–Kier alpha value is -3.29. The molecule has 1 aromatic heterocycles. The predicted molar refractivity (Wildman–Crippen MR) is 76.6 cm³/mol. The standard InChI is InChI=1S/C13H11N5O3/c14-13(19)17-16-8-9-3-5-10(6-4-9)12-11(18(20)21)2-1-7-15-12/h1-8H,(H3,14,17,19). The maximum absolute atomic E-state index is 11.0. The molecule has 0 fully saturated rings. The van der Waals surface area contributed by atoms with Crippen molar-refractivity contribution in [2.45, 2.75) is 0 Å². The van der Waals surface area contributed by atoms with Gasteiger partial charge in [0, 0.05) is 17.8 Å². The van der Waals surface area contributed by atoms with Gasteiger partial charge in [-0.1, -0.05) is 24.3 Å². The summed E-state index contributed by atoms with van der Waals surface area (Å²) in [5.41, 5.74) is 8.48. The highest BCUT2D eigenvalue weighted by atomic mass is 16.6. The third-order valence-corrected chi connectivity index (χ3v) is 2.56. The van der Waals surface area contributed by atoms with Crippen LogP contribution in [0.1, 0.15) is 5.56 Å². The number of aromatic nitrogens is 1. The highest BCUT2D eigenvalue weighted by Gasteiger charge is 2.15. The van der Waals surface area contributed by atoms with Crippen molar-refractivity contribution in [1.82, 2.24) is 10.4 Å². The summed E-state index contributed by atoms with van der Waals surface area (Å²) in [5.74, 6) is 0. The number of nitro groups is 1. The average Bonchev–Trinajstić information content (AvgIpc) is 2.47. The second kappa shape index (κ2) is 6.24. The number of nitrogens with one attached hydrogen (secondary N) is 1. The van der Waals surface area contributed by atoms with Gasteiger partial charge in [-0.05, 0) is 11.6 Å². The van der Waals surface area contributed by atoms with E-state index in [1.165, 1.54) is 24.5 Å². The molecule has 0 aliphatic rings. The summed E-state index contributed by atoms with van der Waals surface area (Å²) in [6.07, 6.45) is 2.90. The van der Waals surface area contributed by atoms with Gasteiger partial charge < -0.3 is 5.73 Å². The normalized spacial score (nSPS) is 10.5. The average molecular weight is 285 g/mol. The van der Waals surface area contributed by atoms with E-state index in [1.807, 2.05) is 0 Å². The van der Waals surface area contributed by atoms with Crippen LogP contribution in [0, 0.1) is 10.1 Å². The number of pyridine rings is 1. The summed E-state index contributed by atoms with van der Waals surface area (Å²) in [6, 6.07) is 8.90. The van der Waals surface area contributed by atoms with E-state index in [2.05, 4.69) is 15.5 Å². The molecule has 0 bridgehead atoms. The van der Waals surface area contributed by atoms with Crippen molar-refractivity contribution >= 4 is 17.9 Å². The zero-order chi connectivity index (χ0) is 15.2. The Morgan fingerprint density at radius 1 is 1.33 bits per heavy atom. The Labute approximate surface area is 119 Å². The van der Waals surface area contributed by atoms with Crippen LogP contribution >= 0.6 is 0 Å². The topological polar surface area (TPSA) is 124 Å². The molecule has 106 valence electrons. The third-order valence-electron chi connectivity index (χ3n) is 2.56. The van der Waals surface area contributed by atoms with Crippen molar-refractivity contribution in [3.05, 3.63) is 58.3 Å². The summed E-state index contributed by atoms with van der Waals surface area (Å²) in [6.45, 7) is 0. The van der Waals surface area contributed by atoms with Crippen molar-refractivity contribution in [2.24, 2.45) is 10.8 Å². The number of primary amides is 1. The van der Waals surface area contributed by atoms with Gasteiger partial charge in [0.1, 0.15) is 5.69 Å². The quantitative estimate of drug-likeness (QED) is 0.503. The molecule has 0 aliphatic carbocycles. The van der Waals surface area contributed by atoms with Gasteiger partial charge in [-0.3, -0.25) is 10.1 Å². The number of hydrazone groups is 1. The smallest absolute Gasteiger partial charge is 0.332 e. The van der Waals surface area contributed by atoms with Crippen LogP contribution < -0.4 is 11.2 Å². The van der Waals surface area contributed by atoms with E-state index in [4.69, 9.17) is 5.73 Å². The number of carbonyl (C=O) groups excluding carboxylic acids is 1. The van der Waals surface area contributed by atoms with E-state index in [-0.39, 0.29) is 5.69 Å². The summed E-state index contributed by atoms with van der Waals surface area (Å²) >= 11 is 0. The zero-order valence-electron chi connectivity index (χ0n) is 10.8. The molecule has 3 N–H and O–H groups in total. The first kappa shape index (κ1) is 14.1. The van der Waals surface area contributed by atoms with Gasteiger partial charge in [0.25, 0.3) is 5.69 Å². The number of nitrogens with two attached hydrogens (primary N) is 1. The summed E-state index contributed by atoms with van der Waals surface area (Å²) in [5, 5.41) is 14.6. The van der Waals surface area contributed by atoms with Gasteiger partial charge in [-0.15, -0.1) is 0 Å². The van der Waals surface area contributed by atoms with Crippen molar-refractivity contribution in [3.8, 4) is 11.3 Å². The number of amides is 2. The van der Waals surface area contributed by atoms with Crippen molar-refractivity contribution in [2.75, 3.05) is 0 Å². The van der Waals surface area contributed by atoms with E-state index >= 15 is 0 Å². The number of benzene rings is 1. The van der Waals surface area contributed by atoms with E-state index < -0.39 is 11.0 Å². The van der Waals surface area contributed by atoms with Crippen LogP contribution in [0.2, 0.25) is 0 Å². The fraction of sp³-hybridized carbons (Fsp3) is 0. The third kappa shape index (κ3) is 3.60. The van der Waals surface area contributed by atoms with E-state index in [9.17, 15) is 14.9 Å². The van der Waals surface area contributed by atoms with Crippen LogP contribution in [0.25, 0.3) is 11.3 Å². The van der Waals surface area contributed by atoms with Gasteiger partial charge in [0.2, 0.25) is 0 Å². The number of nitrogens with zero attached hydrogens (tertiary/aromatic N) is 3. The molecule has 0 unspecified atom stereocenters. The molecule has 21 heavy (non-hydrogen) atoms. The monoisotopic (exact) mass is 285 g/mol. The van der Waals surface area contributed by atoms with E-state index in [0.717, 1.165) is 0 Å². The highest BCUT2D eigenvalue weighted by molar-refractivity contribution is 5.82. The van der Waals surface area contributed by atoms with Gasteiger partial charge in [0.05, 0.1) is 11.1 Å². The molecule has 0 radical (unpaired) electrons. The van der Waals surface area contributed by atoms with Crippen molar-refractivity contribution in [1.29, 1.82) is 0 Å². The molecular formula is C13H11N5O3. The fourth-order valence-electron chi connectivity index (χ4n) is 1.66. The molecule has 0 saturated heterocycles. The maximum atomic E-state index is 11.0. The van der Waals surface area contributed by atoms with Gasteiger partial charge in [0.15, 0.2) is 0 Å². The van der Waals surface area contributed by atoms with Gasteiger partial charge in [-0.2, -0.15) is 5.10 Å². The Morgan fingerprint density at radius 2 is 2.05 bits per heavy atom. The number of urea groups is 1. The Bertz CT molecular complexity index is 697. The van der Waals surface area contributed by atoms with Gasteiger partial charge >= 0.3 is 6.03 Å². The Balaban J connectivity index is 2.25. The van der Waals surface area contributed by atoms with Crippen LogP contribution in [0.3, 0.4) is 0 Å². The Kier molecular flexibility index (Phi) is 4.20. The van der Waals surface area contributed by atoms with E-state index in [0.29, 0.717) is 16.8 Å². The number of hydrogen-bond acceptors (Lipinski definition) is 5. The SMILES string of the molecule is NC(=O)NN=Cc1ccc(-c2ncccc2[N+](=O)[O-])cc1. The number of hydrogen-bond donors (Lipinski definition) is 2. The molecular weight excluding hydrogens is 274 g/mol. The lowest BCUT2D eigenvalue weighted by Gasteiger charge is -2.02. The molecule has 1 aromatic carbocycles. The minimum Gasteiger partial charge on any atom is -0.350 e. The van der Waals surface area contributed by atoms with E-state index in [1.54, 1.807) is 24.3 Å². The van der Waals surface area contributed by atoms with Crippen LogP contribution in [0.4, 0.5) is 10.5 Å². The maximum Gasteiger partial charge on any atom is 0.332 e. The summed E-state index contributed by atoms with van der Waals surface area (Å²) in [7, 11) is 0. The van der Waals surface area contributed by atoms with Gasteiger partial charge in [-0.25, -0.2) is 15.2 Å². The lowest BCUT2D eigenvalue weighted by atomic mass is 10.1. The van der Waals surface area contributed by atoms with Crippen LogP contribution in [0.5, 0.6) is 0 Å². The first-order valence-electron chi connectivity index (χ1n) is 5.86. The Morgan fingerprint density at radius 3 is 2.67 bits per heavy atom. The number of rotatable bonds is 4. The molecule has 8 heteroatoms. The van der Waals surface area contributed by atoms with Crippen LogP contribution in [-0.2, 0) is 0 Å². The molecule has 2 aromatic rings. The highest BCUT2D eigenvalue weighted by Crippen LogP contribution is 2.26. The second-order valence-electron chi connectivity index (χ2n) is 3.98. The van der Waals surface area contributed by atoms with Crippen molar-refractivity contribution in [3.63, 3.8) is 0 Å². The molecule has 0 aliphatic heterocycles. The summed E-state index contributed by atoms with van der Waals surface area (Å²) in [4.78, 5) is 25.0. The predicted octanol–water partition coefficient (Wildman–Crippen LogP) is 1.66. The molecule has 2 rings (SSSR count). The fourth-order valence-corrected chi connectivity index (χ4v) is 1.66. The lowest BCUT2D eigenvalue weighted by Crippen LogP contribution is -2.24. The van der Waals surface area contributed by atoms with Crippen molar-refractivity contribution < 1.29 is 9.72 Å². The van der Waals surface area contributed by atoms with Crippen LogP contribution in [-0.4, -0.2) is 22.2 Å². The lowest BCUT2D eigenvalue weighted by molar-refractivity contribution is -0.384. The number of carbonyl (C=O) groups is 1. The molecule has 8 nitrogen and oxygen atoms in total. The van der Waals surface area contributed by atoms with Crippen LogP contribution in [0.15, 0.2) is 47.7 Å². The second-order valence-corrected chi connectivity index (χ2v) is 3.98. The minimum atomic E-state index is -0.757. The molecule has 1 heterocycles. The molecule has 0 atom stereocenters.